The highest BCUT2D eigenvalue weighted by molar-refractivity contribution is 7.99. The molecular weight excluding hydrogens is 172 g/mol. The van der Waals surface area contributed by atoms with Crippen LogP contribution in [0.25, 0.3) is 0 Å². The van der Waals surface area contributed by atoms with Crippen molar-refractivity contribution < 1.29 is 9.53 Å². The molecule has 2 fully saturated rings. The lowest BCUT2D eigenvalue weighted by Gasteiger charge is -2.26. The number of hydrogen-bond donors (Lipinski definition) is 0. The number of rotatable bonds is 2. The highest BCUT2D eigenvalue weighted by Crippen LogP contribution is 2.42. The molecule has 0 bridgehead atoms. The number of aldehydes is 1. The van der Waals surface area contributed by atoms with Crippen LogP contribution >= 0.6 is 11.8 Å². The standard InChI is InChI=1S/C9H14O2S/c10-6-9(2-3-11-7-9)8-1-4-12-5-8/h6,8H,1-5,7H2. The first-order chi connectivity index (χ1) is 5.87. The van der Waals surface area contributed by atoms with Crippen molar-refractivity contribution in [1.82, 2.24) is 0 Å². The summed E-state index contributed by atoms with van der Waals surface area (Å²) in [6, 6.07) is 0. The smallest absolute Gasteiger partial charge is 0.128 e. The van der Waals surface area contributed by atoms with Crippen LogP contribution in [0.5, 0.6) is 0 Å². The first-order valence-electron chi connectivity index (χ1n) is 4.49. The molecule has 12 heavy (non-hydrogen) atoms. The largest absolute Gasteiger partial charge is 0.380 e. The molecule has 0 aromatic carbocycles. The quantitative estimate of drug-likeness (QED) is 0.609. The predicted octanol–water partition coefficient (Wildman–Crippen LogP) is 1.35. The van der Waals surface area contributed by atoms with E-state index in [1.807, 2.05) is 11.8 Å². The second kappa shape index (κ2) is 3.38. The molecule has 0 spiro atoms. The van der Waals surface area contributed by atoms with E-state index in [0.29, 0.717) is 12.5 Å². The van der Waals surface area contributed by atoms with Crippen molar-refractivity contribution in [2.45, 2.75) is 12.8 Å². The molecule has 2 unspecified atom stereocenters. The average molecular weight is 186 g/mol. The van der Waals surface area contributed by atoms with Crippen LogP contribution in [-0.2, 0) is 9.53 Å². The summed E-state index contributed by atoms with van der Waals surface area (Å²) < 4.78 is 5.32. The topological polar surface area (TPSA) is 26.3 Å². The zero-order valence-corrected chi connectivity index (χ0v) is 7.94. The summed E-state index contributed by atoms with van der Waals surface area (Å²) in [7, 11) is 0. The normalized spacial score (nSPS) is 41.8. The highest BCUT2D eigenvalue weighted by Gasteiger charge is 2.43. The van der Waals surface area contributed by atoms with E-state index in [-0.39, 0.29) is 5.41 Å². The van der Waals surface area contributed by atoms with E-state index >= 15 is 0 Å². The van der Waals surface area contributed by atoms with Gasteiger partial charge in [0.25, 0.3) is 0 Å². The lowest BCUT2D eigenvalue weighted by Crippen LogP contribution is -2.32. The van der Waals surface area contributed by atoms with E-state index in [4.69, 9.17) is 4.74 Å². The fourth-order valence-corrected chi connectivity index (χ4v) is 3.50. The van der Waals surface area contributed by atoms with Gasteiger partial charge in [0.2, 0.25) is 0 Å². The molecule has 0 aliphatic carbocycles. The van der Waals surface area contributed by atoms with Crippen molar-refractivity contribution >= 4 is 18.0 Å². The first-order valence-corrected chi connectivity index (χ1v) is 5.65. The van der Waals surface area contributed by atoms with Gasteiger partial charge in [-0.05, 0) is 30.3 Å². The molecule has 2 saturated heterocycles. The zero-order valence-electron chi connectivity index (χ0n) is 7.12. The minimum absolute atomic E-state index is 0.108. The summed E-state index contributed by atoms with van der Waals surface area (Å²) in [5, 5.41) is 0. The van der Waals surface area contributed by atoms with Crippen LogP contribution in [0, 0.1) is 11.3 Å². The summed E-state index contributed by atoms with van der Waals surface area (Å²) in [5.41, 5.74) is -0.108. The second-order valence-electron chi connectivity index (χ2n) is 3.71. The van der Waals surface area contributed by atoms with Gasteiger partial charge in [-0.1, -0.05) is 0 Å². The number of ether oxygens (including phenoxy) is 1. The summed E-state index contributed by atoms with van der Waals surface area (Å²) in [4.78, 5) is 11.0. The Hall–Kier alpha value is -0.0200. The zero-order chi connectivity index (χ0) is 8.44. The number of thioether (sulfide) groups is 1. The van der Waals surface area contributed by atoms with E-state index in [9.17, 15) is 4.79 Å². The van der Waals surface area contributed by atoms with Gasteiger partial charge >= 0.3 is 0 Å². The van der Waals surface area contributed by atoms with E-state index in [1.54, 1.807) is 0 Å². The second-order valence-corrected chi connectivity index (χ2v) is 4.86. The first kappa shape index (κ1) is 8.57. The number of carbonyl (C=O) groups is 1. The minimum atomic E-state index is -0.108. The SMILES string of the molecule is O=CC1(C2CCSC2)CCOC1. The van der Waals surface area contributed by atoms with E-state index in [2.05, 4.69) is 0 Å². The molecule has 2 rings (SSSR count). The Labute approximate surface area is 77.0 Å². The highest BCUT2D eigenvalue weighted by atomic mass is 32.2. The van der Waals surface area contributed by atoms with Crippen LogP contribution in [0.2, 0.25) is 0 Å². The van der Waals surface area contributed by atoms with Crippen LogP contribution < -0.4 is 0 Å². The van der Waals surface area contributed by atoms with Gasteiger partial charge < -0.3 is 9.53 Å². The third kappa shape index (κ3) is 1.29. The lowest BCUT2D eigenvalue weighted by molar-refractivity contribution is -0.118. The molecule has 2 heterocycles. The maximum absolute atomic E-state index is 11.0. The van der Waals surface area contributed by atoms with Crippen LogP contribution in [0.15, 0.2) is 0 Å². The van der Waals surface area contributed by atoms with Crippen molar-refractivity contribution in [3.63, 3.8) is 0 Å². The van der Waals surface area contributed by atoms with Crippen molar-refractivity contribution in [3.8, 4) is 0 Å². The van der Waals surface area contributed by atoms with Gasteiger partial charge in [-0.25, -0.2) is 0 Å². The summed E-state index contributed by atoms with van der Waals surface area (Å²) in [6.07, 6.45) is 3.30. The average Bonchev–Trinajstić information content (AvgIpc) is 2.76. The van der Waals surface area contributed by atoms with Gasteiger partial charge in [0, 0.05) is 6.61 Å². The van der Waals surface area contributed by atoms with Gasteiger partial charge in [0.1, 0.15) is 6.29 Å². The Morgan fingerprint density at radius 3 is 3.00 bits per heavy atom. The van der Waals surface area contributed by atoms with Crippen molar-refractivity contribution in [1.29, 1.82) is 0 Å². The monoisotopic (exact) mass is 186 g/mol. The Morgan fingerprint density at radius 2 is 2.50 bits per heavy atom. The van der Waals surface area contributed by atoms with E-state index in [0.717, 1.165) is 25.1 Å². The molecule has 0 amide bonds. The molecule has 3 heteroatoms. The number of carbonyl (C=O) groups excluding carboxylic acids is 1. The van der Waals surface area contributed by atoms with Crippen LogP contribution in [0.4, 0.5) is 0 Å². The molecule has 0 aromatic rings. The van der Waals surface area contributed by atoms with Gasteiger partial charge in [0.05, 0.1) is 12.0 Å². The van der Waals surface area contributed by atoms with Crippen molar-refractivity contribution in [3.05, 3.63) is 0 Å². The summed E-state index contributed by atoms with van der Waals surface area (Å²) in [5.74, 6) is 2.96. The van der Waals surface area contributed by atoms with Gasteiger partial charge in [0.15, 0.2) is 0 Å². The predicted molar refractivity (Wildman–Crippen MR) is 49.4 cm³/mol. The van der Waals surface area contributed by atoms with Gasteiger partial charge in [-0.3, -0.25) is 0 Å². The summed E-state index contributed by atoms with van der Waals surface area (Å²) in [6.45, 7) is 1.45. The lowest BCUT2D eigenvalue weighted by atomic mass is 9.76. The molecule has 68 valence electrons. The third-order valence-corrected chi connectivity index (χ3v) is 4.22. The van der Waals surface area contributed by atoms with Crippen LogP contribution in [0.3, 0.4) is 0 Å². The summed E-state index contributed by atoms with van der Waals surface area (Å²) >= 11 is 1.97. The fourth-order valence-electron chi connectivity index (χ4n) is 2.10. The molecule has 0 aromatic heterocycles. The molecule has 0 radical (unpaired) electrons. The Morgan fingerprint density at radius 1 is 1.58 bits per heavy atom. The van der Waals surface area contributed by atoms with E-state index < -0.39 is 0 Å². The van der Waals surface area contributed by atoms with Crippen molar-refractivity contribution in [2.24, 2.45) is 11.3 Å². The van der Waals surface area contributed by atoms with Crippen LogP contribution in [0.1, 0.15) is 12.8 Å². The van der Waals surface area contributed by atoms with E-state index in [1.165, 1.54) is 12.2 Å². The Kier molecular flexibility index (Phi) is 2.42. The molecule has 0 N–H and O–H groups in total. The Bertz CT molecular complexity index is 169. The third-order valence-electron chi connectivity index (χ3n) is 3.06. The fraction of sp³-hybridized carbons (Fsp3) is 0.889. The molecule has 0 saturated carbocycles. The van der Waals surface area contributed by atoms with Gasteiger partial charge in [-0.15, -0.1) is 0 Å². The molecular formula is C9H14O2S. The molecule has 2 aliphatic heterocycles. The molecule has 2 aliphatic rings. The van der Waals surface area contributed by atoms with Gasteiger partial charge in [-0.2, -0.15) is 11.8 Å². The molecule has 2 atom stereocenters. The maximum atomic E-state index is 11.0. The van der Waals surface area contributed by atoms with Crippen molar-refractivity contribution in [2.75, 3.05) is 24.7 Å². The maximum Gasteiger partial charge on any atom is 0.128 e. The number of hydrogen-bond acceptors (Lipinski definition) is 3. The molecule has 2 nitrogen and oxygen atoms in total. The van der Waals surface area contributed by atoms with Crippen LogP contribution in [-0.4, -0.2) is 31.0 Å². The Balaban J connectivity index is 2.09. The minimum Gasteiger partial charge on any atom is -0.380 e.